The van der Waals surface area contributed by atoms with Gasteiger partial charge in [-0.05, 0) is 31.4 Å². The van der Waals surface area contributed by atoms with Crippen molar-refractivity contribution in [3.8, 4) is 11.6 Å². The second-order valence-corrected chi connectivity index (χ2v) is 6.62. The van der Waals surface area contributed by atoms with Gasteiger partial charge >= 0.3 is 5.69 Å². The fourth-order valence-electron chi connectivity index (χ4n) is 3.28. The molecule has 0 saturated carbocycles. The molecule has 0 aliphatic carbocycles. The average Bonchev–Trinajstić information content (AvgIpc) is 3.19. The van der Waals surface area contributed by atoms with Gasteiger partial charge in [-0.15, -0.1) is 0 Å². The fourth-order valence-corrected chi connectivity index (χ4v) is 3.28. The van der Waals surface area contributed by atoms with Crippen molar-refractivity contribution in [3.05, 3.63) is 57.1 Å². The third kappa shape index (κ3) is 4.03. The minimum Gasteiger partial charge on any atom is -0.439 e. The highest BCUT2D eigenvalue weighted by atomic mass is 16.7. The number of hydrogen-bond donors (Lipinski definition) is 0. The van der Waals surface area contributed by atoms with Gasteiger partial charge in [0.25, 0.3) is 5.69 Å². The van der Waals surface area contributed by atoms with Crippen LogP contribution in [0.4, 0.5) is 5.69 Å². The summed E-state index contributed by atoms with van der Waals surface area (Å²) in [6.07, 6.45) is 4.82. The van der Waals surface area contributed by atoms with Crippen LogP contribution in [0.25, 0.3) is 0 Å². The van der Waals surface area contributed by atoms with E-state index in [0.29, 0.717) is 18.7 Å². The zero-order chi connectivity index (χ0) is 19.5. The monoisotopic (exact) mass is 388 g/mol. The molecule has 3 heterocycles. The molecule has 0 radical (unpaired) electrons. The first kappa shape index (κ1) is 18.5. The van der Waals surface area contributed by atoms with Crippen LogP contribution in [0, 0.1) is 10.1 Å². The van der Waals surface area contributed by atoms with Crippen molar-refractivity contribution < 1.29 is 19.2 Å². The van der Waals surface area contributed by atoms with Crippen molar-refractivity contribution in [2.45, 2.75) is 38.1 Å². The van der Waals surface area contributed by atoms with E-state index >= 15 is 0 Å². The highest BCUT2D eigenvalue weighted by Crippen LogP contribution is 2.28. The molecule has 0 amide bonds. The van der Waals surface area contributed by atoms with Gasteiger partial charge in [0, 0.05) is 44.0 Å². The number of nitrogens with zero attached hydrogens (tertiary/aromatic N) is 4. The van der Waals surface area contributed by atoms with Crippen molar-refractivity contribution >= 4 is 5.69 Å². The maximum atomic E-state index is 12.4. The van der Waals surface area contributed by atoms with E-state index in [0.717, 1.165) is 25.9 Å². The molecular formula is C18H20N4O6. The van der Waals surface area contributed by atoms with E-state index in [4.69, 9.17) is 14.3 Å². The van der Waals surface area contributed by atoms with Crippen LogP contribution in [0.3, 0.4) is 0 Å². The van der Waals surface area contributed by atoms with E-state index in [-0.39, 0.29) is 17.8 Å². The van der Waals surface area contributed by atoms with Gasteiger partial charge in [0.1, 0.15) is 12.0 Å². The summed E-state index contributed by atoms with van der Waals surface area (Å²) in [5, 5.41) is 12.5. The lowest BCUT2D eigenvalue weighted by Gasteiger charge is -2.30. The molecule has 28 heavy (non-hydrogen) atoms. The Labute approximate surface area is 160 Å². The zero-order valence-electron chi connectivity index (χ0n) is 15.1. The molecule has 2 aliphatic rings. The van der Waals surface area contributed by atoms with E-state index in [1.807, 2.05) is 0 Å². The highest BCUT2D eigenvalue weighted by molar-refractivity contribution is 5.37. The Bertz CT molecular complexity index is 894. The van der Waals surface area contributed by atoms with Gasteiger partial charge in [-0.3, -0.25) is 19.5 Å². The van der Waals surface area contributed by atoms with E-state index in [1.165, 1.54) is 28.8 Å². The van der Waals surface area contributed by atoms with E-state index in [1.54, 1.807) is 17.3 Å². The minimum absolute atomic E-state index is 0.0411. The van der Waals surface area contributed by atoms with Crippen LogP contribution in [0.2, 0.25) is 0 Å². The first-order valence-electron chi connectivity index (χ1n) is 9.17. The first-order valence-corrected chi connectivity index (χ1v) is 9.17. The Morgan fingerprint density at radius 2 is 1.96 bits per heavy atom. The molecule has 148 valence electrons. The Morgan fingerprint density at radius 1 is 1.14 bits per heavy atom. The Balaban J connectivity index is 1.41. The normalized spacial score (nSPS) is 22.9. The maximum absolute atomic E-state index is 12.4. The smallest absolute Gasteiger partial charge is 0.353 e. The average molecular weight is 388 g/mol. The first-order chi connectivity index (χ1) is 13.6. The number of aromatic nitrogens is 2. The van der Waals surface area contributed by atoms with Gasteiger partial charge in [0.15, 0.2) is 6.23 Å². The summed E-state index contributed by atoms with van der Waals surface area (Å²) in [7, 11) is 0. The third-order valence-corrected chi connectivity index (χ3v) is 4.72. The molecule has 10 nitrogen and oxygen atoms in total. The molecule has 2 unspecified atom stereocenters. The van der Waals surface area contributed by atoms with Crippen molar-refractivity contribution in [3.63, 3.8) is 0 Å². The van der Waals surface area contributed by atoms with Gasteiger partial charge in [0.05, 0.1) is 4.92 Å². The predicted molar refractivity (Wildman–Crippen MR) is 96.7 cm³/mol. The molecule has 0 N–H and O–H groups in total. The summed E-state index contributed by atoms with van der Waals surface area (Å²) in [5.74, 6) is 0.466. The number of hydroxylamine groups is 2. The lowest BCUT2D eigenvalue weighted by Crippen LogP contribution is -2.37. The maximum Gasteiger partial charge on any atom is 0.353 e. The van der Waals surface area contributed by atoms with Crippen LogP contribution in [-0.4, -0.2) is 38.9 Å². The second-order valence-electron chi connectivity index (χ2n) is 6.62. The molecule has 2 aromatic rings. The van der Waals surface area contributed by atoms with Gasteiger partial charge in [0.2, 0.25) is 5.88 Å². The molecule has 2 saturated heterocycles. The third-order valence-electron chi connectivity index (χ3n) is 4.72. The molecule has 1 aromatic heterocycles. The molecule has 2 fully saturated rings. The summed E-state index contributed by atoms with van der Waals surface area (Å²) in [5.41, 5.74) is -0.531. The fraction of sp³-hybridized carbons (Fsp3) is 0.444. The van der Waals surface area contributed by atoms with Gasteiger partial charge in [-0.25, -0.2) is 4.79 Å². The van der Waals surface area contributed by atoms with Crippen molar-refractivity contribution in [1.82, 2.24) is 14.6 Å². The van der Waals surface area contributed by atoms with Crippen molar-refractivity contribution in [2.75, 3.05) is 13.2 Å². The standard InChI is InChI=1S/C18H20N4O6/c23-18-19-15(27-14-6-4-13(5-7-14)22(24)25)8-10-20(18)16-9-11-21(28-16)17-3-1-2-12-26-17/h4-8,10,16-17H,1-3,9,11-12H2. The number of rotatable bonds is 5. The van der Waals surface area contributed by atoms with Crippen LogP contribution < -0.4 is 10.4 Å². The quantitative estimate of drug-likeness (QED) is 0.568. The predicted octanol–water partition coefficient (Wildman–Crippen LogP) is 2.61. The van der Waals surface area contributed by atoms with E-state index < -0.39 is 16.8 Å². The Hall–Kier alpha value is -2.82. The number of ether oxygens (including phenoxy) is 2. The zero-order valence-corrected chi connectivity index (χ0v) is 15.1. The number of nitro groups is 1. The second kappa shape index (κ2) is 8.05. The summed E-state index contributed by atoms with van der Waals surface area (Å²) < 4.78 is 12.7. The van der Waals surface area contributed by atoms with Gasteiger partial charge < -0.3 is 9.47 Å². The lowest BCUT2D eigenvalue weighted by molar-refractivity contribution is -0.384. The van der Waals surface area contributed by atoms with Crippen LogP contribution in [0.1, 0.15) is 31.9 Å². The van der Waals surface area contributed by atoms with Crippen LogP contribution in [0.15, 0.2) is 41.3 Å². The molecule has 10 heteroatoms. The number of non-ortho nitro benzene ring substituents is 1. The Morgan fingerprint density at radius 3 is 2.64 bits per heavy atom. The number of hydrogen-bond acceptors (Lipinski definition) is 8. The SMILES string of the molecule is O=c1nc(Oc2ccc([N+](=O)[O-])cc2)ccn1C1CCN(C2CCCCO2)O1. The summed E-state index contributed by atoms with van der Waals surface area (Å²) in [4.78, 5) is 32.4. The highest BCUT2D eigenvalue weighted by Gasteiger charge is 2.32. The van der Waals surface area contributed by atoms with Crippen LogP contribution in [-0.2, 0) is 9.57 Å². The Kier molecular flexibility index (Phi) is 5.33. The number of benzene rings is 1. The summed E-state index contributed by atoms with van der Waals surface area (Å²) >= 11 is 0. The van der Waals surface area contributed by atoms with Crippen LogP contribution >= 0.6 is 0 Å². The van der Waals surface area contributed by atoms with Crippen LogP contribution in [0.5, 0.6) is 11.6 Å². The molecule has 0 spiro atoms. The molecule has 0 bridgehead atoms. The lowest BCUT2D eigenvalue weighted by atomic mass is 10.2. The summed E-state index contributed by atoms with van der Waals surface area (Å²) in [6, 6.07) is 7.11. The molecule has 2 aliphatic heterocycles. The molecule has 4 rings (SSSR count). The van der Waals surface area contributed by atoms with E-state index in [9.17, 15) is 14.9 Å². The molecule has 2 atom stereocenters. The van der Waals surface area contributed by atoms with Gasteiger partial charge in [-0.1, -0.05) is 0 Å². The van der Waals surface area contributed by atoms with Crippen molar-refractivity contribution in [2.24, 2.45) is 0 Å². The molecule has 1 aromatic carbocycles. The van der Waals surface area contributed by atoms with Crippen molar-refractivity contribution in [1.29, 1.82) is 0 Å². The van der Waals surface area contributed by atoms with E-state index in [2.05, 4.69) is 4.98 Å². The molecular weight excluding hydrogens is 368 g/mol. The minimum atomic E-state index is -0.494. The largest absolute Gasteiger partial charge is 0.439 e. The number of nitro benzene ring substituents is 1. The summed E-state index contributed by atoms with van der Waals surface area (Å²) in [6.45, 7) is 1.41. The van der Waals surface area contributed by atoms with Gasteiger partial charge in [-0.2, -0.15) is 10.0 Å². The topological polar surface area (TPSA) is 109 Å².